The summed E-state index contributed by atoms with van der Waals surface area (Å²) in [7, 11) is -4.02. The van der Waals surface area contributed by atoms with Gasteiger partial charge in [0.15, 0.2) is 0 Å². The lowest BCUT2D eigenvalue weighted by Crippen LogP contribution is -2.01. The van der Waals surface area contributed by atoms with Crippen molar-refractivity contribution in [2.24, 2.45) is 20.5 Å². The number of nitrogens with zero attached hydrogens (tertiary/aromatic N) is 4. The first-order chi connectivity index (χ1) is 18.5. The molecule has 0 spiro atoms. The number of benzene rings is 4. The van der Waals surface area contributed by atoms with E-state index >= 15 is 0 Å². The molecule has 0 unspecified atom stereocenters. The molecule has 0 aliphatic heterocycles. The topological polar surface area (TPSA) is 199 Å². The van der Waals surface area contributed by atoms with Gasteiger partial charge < -0.3 is 20.4 Å². The van der Waals surface area contributed by atoms with Crippen LogP contribution in [0.4, 0.5) is 22.7 Å². The number of aromatic carboxylic acids is 2. The van der Waals surface area contributed by atoms with Crippen LogP contribution in [-0.4, -0.2) is 40.8 Å². The Hall–Kier alpha value is -5.43. The second-order valence-electron chi connectivity index (χ2n) is 7.91. The lowest BCUT2D eigenvalue weighted by molar-refractivity contribution is 0.0682. The molecule has 12 nitrogen and oxygen atoms in total. The zero-order valence-corrected chi connectivity index (χ0v) is 20.5. The summed E-state index contributed by atoms with van der Waals surface area (Å²) < 4.78 is 26.5. The fourth-order valence-corrected chi connectivity index (χ4v) is 4.65. The Morgan fingerprint density at radius 2 is 0.897 bits per heavy atom. The molecule has 4 rings (SSSR count). The predicted octanol–water partition coefficient (Wildman–Crippen LogP) is 6.16. The third kappa shape index (κ3) is 6.11. The number of carboxylic acids is 2. The molecule has 0 saturated heterocycles. The number of azo groups is 2. The maximum absolute atomic E-state index is 13.3. The molecule has 196 valence electrons. The standard InChI is InChI=1S/C26H18N4O8S/c31-23-9-7-17(13-21(23)25(33)34)29-27-15-3-1-5-19(11-15)39(37,38)20-6-2-4-16(12-20)28-30-18-8-10-24(32)22(14-18)26(35)36/h1-14,31-32H,(H,33,34)(H,35,36). The Balaban J connectivity index is 1.59. The van der Waals surface area contributed by atoms with E-state index < -0.39 is 33.3 Å². The molecule has 0 aromatic heterocycles. The van der Waals surface area contributed by atoms with Gasteiger partial charge in [-0.3, -0.25) is 0 Å². The van der Waals surface area contributed by atoms with Crippen LogP contribution in [0.25, 0.3) is 0 Å². The van der Waals surface area contributed by atoms with Crippen LogP contribution in [0.15, 0.2) is 115 Å². The highest BCUT2D eigenvalue weighted by Gasteiger charge is 2.19. The van der Waals surface area contributed by atoms with Crippen molar-refractivity contribution in [2.45, 2.75) is 9.79 Å². The van der Waals surface area contributed by atoms with Gasteiger partial charge in [-0.1, -0.05) is 12.1 Å². The van der Waals surface area contributed by atoms with Crippen LogP contribution in [-0.2, 0) is 9.84 Å². The average molecular weight is 547 g/mol. The summed E-state index contributed by atoms with van der Waals surface area (Å²) in [4.78, 5) is 22.2. The monoisotopic (exact) mass is 546 g/mol. The Morgan fingerprint density at radius 3 is 1.26 bits per heavy atom. The van der Waals surface area contributed by atoms with E-state index in [4.69, 9.17) is 10.2 Å². The van der Waals surface area contributed by atoms with Crippen molar-refractivity contribution in [3.63, 3.8) is 0 Å². The maximum atomic E-state index is 13.3. The molecule has 0 saturated carbocycles. The third-order valence-electron chi connectivity index (χ3n) is 5.24. The Bertz CT molecular complexity index is 1640. The summed E-state index contributed by atoms with van der Waals surface area (Å²) in [6.45, 7) is 0. The molecule has 39 heavy (non-hydrogen) atoms. The van der Waals surface area contributed by atoms with Crippen LogP contribution >= 0.6 is 0 Å². The van der Waals surface area contributed by atoms with Crippen molar-refractivity contribution < 1.29 is 38.4 Å². The van der Waals surface area contributed by atoms with Gasteiger partial charge in [0, 0.05) is 0 Å². The highest BCUT2D eigenvalue weighted by atomic mass is 32.2. The summed E-state index contributed by atoms with van der Waals surface area (Å²) in [6.07, 6.45) is 0. The second kappa shape index (κ2) is 10.9. The summed E-state index contributed by atoms with van der Waals surface area (Å²) in [5.41, 5.74) is -0.0711. The maximum Gasteiger partial charge on any atom is 0.339 e. The Kier molecular flexibility index (Phi) is 7.44. The molecule has 0 radical (unpaired) electrons. The van der Waals surface area contributed by atoms with Gasteiger partial charge in [0.1, 0.15) is 22.6 Å². The molecular weight excluding hydrogens is 528 g/mol. The van der Waals surface area contributed by atoms with E-state index in [0.717, 1.165) is 24.3 Å². The quantitative estimate of drug-likeness (QED) is 0.188. The lowest BCUT2D eigenvalue weighted by Gasteiger charge is -2.06. The van der Waals surface area contributed by atoms with Crippen molar-refractivity contribution in [3.8, 4) is 11.5 Å². The first kappa shape index (κ1) is 26.6. The van der Waals surface area contributed by atoms with E-state index in [0.29, 0.717) is 0 Å². The van der Waals surface area contributed by atoms with E-state index in [-0.39, 0.29) is 43.7 Å². The normalized spacial score (nSPS) is 11.7. The van der Waals surface area contributed by atoms with Gasteiger partial charge in [-0.15, -0.1) is 0 Å². The number of hydrogen-bond acceptors (Lipinski definition) is 10. The second-order valence-corrected chi connectivity index (χ2v) is 9.86. The molecule has 4 N–H and O–H groups in total. The van der Waals surface area contributed by atoms with Gasteiger partial charge in [-0.05, 0) is 72.8 Å². The molecule has 0 fully saturated rings. The minimum Gasteiger partial charge on any atom is -0.507 e. The van der Waals surface area contributed by atoms with Crippen LogP contribution in [0.5, 0.6) is 11.5 Å². The highest BCUT2D eigenvalue weighted by Crippen LogP contribution is 2.30. The Labute approximate surface area is 220 Å². The van der Waals surface area contributed by atoms with Gasteiger partial charge >= 0.3 is 11.9 Å². The number of hydrogen-bond donors (Lipinski definition) is 4. The van der Waals surface area contributed by atoms with Crippen LogP contribution in [0.1, 0.15) is 20.7 Å². The van der Waals surface area contributed by atoms with E-state index in [1.807, 2.05) is 0 Å². The largest absolute Gasteiger partial charge is 0.507 e. The molecule has 0 aliphatic carbocycles. The average Bonchev–Trinajstić information content (AvgIpc) is 2.92. The molecule has 0 aliphatic rings. The van der Waals surface area contributed by atoms with Crippen molar-refractivity contribution in [3.05, 3.63) is 96.1 Å². The third-order valence-corrected chi connectivity index (χ3v) is 6.99. The van der Waals surface area contributed by atoms with E-state index in [2.05, 4.69) is 20.5 Å². The Morgan fingerprint density at radius 1 is 0.538 bits per heavy atom. The van der Waals surface area contributed by atoms with E-state index in [9.17, 15) is 28.2 Å². The molecule has 13 heteroatoms. The number of sulfone groups is 1. The van der Waals surface area contributed by atoms with E-state index in [1.54, 1.807) is 0 Å². The van der Waals surface area contributed by atoms with Crippen LogP contribution in [0, 0.1) is 0 Å². The summed E-state index contributed by atoms with van der Waals surface area (Å²) >= 11 is 0. The number of phenols is 2. The van der Waals surface area contributed by atoms with Gasteiger partial charge in [0.25, 0.3) is 0 Å². The zero-order valence-electron chi connectivity index (χ0n) is 19.7. The molecule has 4 aromatic rings. The van der Waals surface area contributed by atoms with Crippen LogP contribution in [0.3, 0.4) is 0 Å². The van der Waals surface area contributed by atoms with Crippen molar-refractivity contribution in [1.29, 1.82) is 0 Å². The summed E-state index contributed by atoms with van der Waals surface area (Å²) in [6, 6.07) is 18.6. The zero-order chi connectivity index (χ0) is 28.2. The van der Waals surface area contributed by atoms with Crippen LogP contribution < -0.4 is 0 Å². The first-order valence-electron chi connectivity index (χ1n) is 11.0. The minimum atomic E-state index is -4.02. The fraction of sp³-hybridized carbons (Fsp3) is 0. The van der Waals surface area contributed by atoms with Gasteiger partial charge in [0.2, 0.25) is 9.84 Å². The number of aromatic hydroxyl groups is 2. The molecular formula is C26H18N4O8S. The summed E-state index contributed by atoms with van der Waals surface area (Å²) in [5.74, 6) is -3.53. The predicted molar refractivity (Wildman–Crippen MR) is 137 cm³/mol. The van der Waals surface area contributed by atoms with Crippen LogP contribution in [0.2, 0.25) is 0 Å². The van der Waals surface area contributed by atoms with Crippen molar-refractivity contribution in [2.75, 3.05) is 0 Å². The van der Waals surface area contributed by atoms with Gasteiger partial charge in [-0.2, -0.15) is 20.5 Å². The SMILES string of the molecule is O=C(O)c1cc(N=Nc2cccc(S(=O)(=O)c3cccc(N=Nc4ccc(O)c(C(=O)O)c4)c3)c2)ccc1O. The number of carboxylic acid groups (broad SMARTS) is 2. The number of rotatable bonds is 8. The number of carbonyl (C=O) groups is 2. The van der Waals surface area contributed by atoms with E-state index in [1.165, 1.54) is 60.7 Å². The molecule has 0 atom stereocenters. The molecule has 0 bridgehead atoms. The minimum absolute atomic E-state index is 0.0883. The highest BCUT2D eigenvalue weighted by molar-refractivity contribution is 7.91. The molecule has 0 amide bonds. The van der Waals surface area contributed by atoms with Crippen molar-refractivity contribution >= 4 is 44.5 Å². The summed E-state index contributed by atoms with van der Waals surface area (Å²) in [5, 5.41) is 53.3. The fourth-order valence-electron chi connectivity index (χ4n) is 3.31. The molecule has 4 aromatic carbocycles. The van der Waals surface area contributed by atoms with Gasteiger partial charge in [-0.25, -0.2) is 18.0 Å². The first-order valence-corrected chi connectivity index (χ1v) is 12.4. The van der Waals surface area contributed by atoms with Crippen molar-refractivity contribution in [1.82, 2.24) is 0 Å². The smallest absolute Gasteiger partial charge is 0.339 e. The molecule has 0 heterocycles. The lowest BCUT2D eigenvalue weighted by atomic mass is 10.2. The van der Waals surface area contributed by atoms with Gasteiger partial charge in [0.05, 0.1) is 32.5 Å².